The van der Waals surface area contributed by atoms with Gasteiger partial charge in [-0.15, -0.1) is 0 Å². The number of hydrogen-bond acceptors (Lipinski definition) is 3. The van der Waals surface area contributed by atoms with E-state index in [-0.39, 0.29) is 0 Å². The van der Waals surface area contributed by atoms with E-state index in [1.165, 1.54) is 0 Å². The fourth-order valence-corrected chi connectivity index (χ4v) is 4.24. The van der Waals surface area contributed by atoms with E-state index in [1.807, 2.05) is 0 Å². The third-order valence-electron chi connectivity index (χ3n) is 4.15. The summed E-state index contributed by atoms with van der Waals surface area (Å²) in [6, 6.07) is 0. The van der Waals surface area contributed by atoms with Gasteiger partial charge in [-0.05, 0) is 43.6 Å². The molecule has 0 aromatic carbocycles. The van der Waals surface area contributed by atoms with E-state index in [0.717, 1.165) is 19.3 Å². The molecule has 2 N–H and O–H groups in total. The monoisotopic (exact) mass is 319 g/mol. The Morgan fingerprint density at radius 3 is 2.05 bits per heavy atom. The molecule has 1 aliphatic rings. The summed E-state index contributed by atoms with van der Waals surface area (Å²) in [6.45, 7) is 11.5. The van der Waals surface area contributed by atoms with Crippen LogP contribution in [0.15, 0.2) is 0 Å². The largest absolute Gasteiger partial charge is 0.330 e. The molecule has 0 aliphatic carbocycles. The lowest BCUT2D eigenvalue weighted by Gasteiger charge is -2.28. The van der Waals surface area contributed by atoms with Gasteiger partial charge >= 0.3 is 0 Å². The van der Waals surface area contributed by atoms with Gasteiger partial charge in [-0.2, -0.15) is 17.0 Å². The second-order valence-electron chi connectivity index (χ2n) is 7.02. The van der Waals surface area contributed by atoms with Crippen molar-refractivity contribution in [1.82, 2.24) is 8.61 Å². The summed E-state index contributed by atoms with van der Waals surface area (Å²) < 4.78 is 29.0. The quantitative estimate of drug-likeness (QED) is 0.706. The van der Waals surface area contributed by atoms with E-state index in [0.29, 0.717) is 50.5 Å². The summed E-state index contributed by atoms with van der Waals surface area (Å²) in [5, 5.41) is 0. The lowest BCUT2D eigenvalue weighted by atomic mass is 10.1. The molecule has 0 spiro atoms. The maximum atomic E-state index is 12.8. The summed E-state index contributed by atoms with van der Waals surface area (Å²) >= 11 is 0. The highest BCUT2D eigenvalue weighted by molar-refractivity contribution is 7.86. The Kier molecular flexibility index (Phi) is 7.60. The molecule has 1 saturated heterocycles. The first kappa shape index (κ1) is 18.9. The van der Waals surface area contributed by atoms with Gasteiger partial charge in [0.2, 0.25) is 0 Å². The van der Waals surface area contributed by atoms with Crippen LogP contribution >= 0.6 is 0 Å². The van der Waals surface area contributed by atoms with Gasteiger partial charge in [0, 0.05) is 26.2 Å². The van der Waals surface area contributed by atoms with E-state index < -0.39 is 10.2 Å². The number of rotatable bonds is 9. The summed E-state index contributed by atoms with van der Waals surface area (Å²) in [4.78, 5) is 0. The molecule has 1 heterocycles. The Balaban J connectivity index is 2.74. The lowest BCUT2D eigenvalue weighted by molar-refractivity contribution is 0.324. The molecule has 0 radical (unpaired) electrons. The van der Waals surface area contributed by atoms with Gasteiger partial charge in [0.25, 0.3) is 10.2 Å². The highest BCUT2D eigenvalue weighted by Crippen LogP contribution is 2.22. The normalized spacial score (nSPS) is 21.0. The van der Waals surface area contributed by atoms with Gasteiger partial charge in [0.15, 0.2) is 0 Å². The molecule has 0 amide bonds. The highest BCUT2D eigenvalue weighted by atomic mass is 32.2. The molecular weight excluding hydrogens is 286 g/mol. The van der Waals surface area contributed by atoms with Gasteiger partial charge in [-0.3, -0.25) is 0 Å². The van der Waals surface area contributed by atoms with Crippen LogP contribution in [0.3, 0.4) is 0 Å². The fraction of sp³-hybridized carbons (Fsp3) is 1.00. The van der Waals surface area contributed by atoms with Crippen molar-refractivity contribution in [2.75, 3.05) is 32.7 Å². The van der Waals surface area contributed by atoms with Crippen molar-refractivity contribution in [3.8, 4) is 0 Å². The molecular formula is C15H33N3O2S. The summed E-state index contributed by atoms with van der Waals surface area (Å²) in [5.74, 6) is 1.34. The van der Waals surface area contributed by atoms with Gasteiger partial charge in [0.1, 0.15) is 0 Å². The van der Waals surface area contributed by atoms with Gasteiger partial charge in [0.05, 0.1) is 0 Å². The second kappa shape index (κ2) is 8.46. The molecule has 0 saturated carbocycles. The molecule has 1 fully saturated rings. The Labute approximate surface area is 131 Å². The number of hydrogen-bond donors (Lipinski definition) is 1. The average molecular weight is 320 g/mol. The summed E-state index contributed by atoms with van der Waals surface area (Å²) in [7, 11) is -3.32. The summed E-state index contributed by atoms with van der Waals surface area (Å²) in [6.07, 6.45) is 2.70. The topological polar surface area (TPSA) is 66.6 Å². The molecule has 5 nitrogen and oxygen atoms in total. The van der Waals surface area contributed by atoms with Crippen LogP contribution in [0, 0.1) is 17.8 Å². The second-order valence-corrected chi connectivity index (χ2v) is 8.95. The Morgan fingerprint density at radius 1 is 1.14 bits per heavy atom. The van der Waals surface area contributed by atoms with Crippen molar-refractivity contribution in [3.63, 3.8) is 0 Å². The van der Waals surface area contributed by atoms with Crippen LogP contribution in [0.2, 0.25) is 0 Å². The Bertz CT molecular complexity index is 384. The van der Waals surface area contributed by atoms with E-state index in [9.17, 15) is 8.42 Å². The van der Waals surface area contributed by atoms with Crippen LogP contribution in [0.5, 0.6) is 0 Å². The third-order valence-corrected chi connectivity index (χ3v) is 6.15. The predicted molar refractivity (Wildman–Crippen MR) is 88.1 cm³/mol. The van der Waals surface area contributed by atoms with Crippen molar-refractivity contribution in [1.29, 1.82) is 0 Å². The van der Waals surface area contributed by atoms with Gasteiger partial charge < -0.3 is 5.73 Å². The first-order valence-electron chi connectivity index (χ1n) is 8.22. The van der Waals surface area contributed by atoms with Crippen LogP contribution in [0.25, 0.3) is 0 Å². The Morgan fingerprint density at radius 2 is 1.67 bits per heavy atom. The zero-order valence-electron chi connectivity index (χ0n) is 14.1. The van der Waals surface area contributed by atoms with Crippen molar-refractivity contribution < 1.29 is 8.42 Å². The van der Waals surface area contributed by atoms with E-state index in [2.05, 4.69) is 27.7 Å². The predicted octanol–water partition coefficient (Wildman–Crippen LogP) is 1.91. The maximum Gasteiger partial charge on any atom is 0.281 e. The SMILES string of the molecule is CC(C)CCN(CCC(C)C)S(=O)(=O)N1CCC(CN)C1. The van der Waals surface area contributed by atoms with Crippen LogP contribution in [-0.4, -0.2) is 49.8 Å². The summed E-state index contributed by atoms with van der Waals surface area (Å²) in [5.41, 5.74) is 5.68. The van der Waals surface area contributed by atoms with Crippen LogP contribution in [-0.2, 0) is 10.2 Å². The molecule has 1 aliphatic heterocycles. The van der Waals surface area contributed by atoms with E-state index >= 15 is 0 Å². The van der Waals surface area contributed by atoms with E-state index in [4.69, 9.17) is 5.73 Å². The molecule has 126 valence electrons. The smallest absolute Gasteiger partial charge is 0.281 e. The molecule has 1 unspecified atom stereocenters. The first-order chi connectivity index (χ1) is 9.77. The standard InChI is InChI=1S/C15H33N3O2S/c1-13(2)5-8-17(9-6-14(3)4)21(19,20)18-10-7-15(11-16)12-18/h13-15H,5-12,16H2,1-4H3. The molecule has 1 atom stereocenters. The molecule has 0 bridgehead atoms. The zero-order valence-corrected chi connectivity index (χ0v) is 14.9. The number of nitrogens with two attached hydrogens (primary N) is 1. The molecule has 21 heavy (non-hydrogen) atoms. The highest BCUT2D eigenvalue weighted by Gasteiger charge is 2.34. The Hall–Kier alpha value is -0.170. The zero-order chi connectivity index (χ0) is 16.0. The van der Waals surface area contributed by atoms with Crippen molar-refractivity contribution >= 4 is 10.2 Å². The first-order valence-corrected chi connectivity index (χ1v) is 9.62. The average Bonchev–Trinajstić information content (AvgIpc) is 2.87. The minimum absolute atomic E-state index is 0.317. The fourth-order valence-electron chi connectivity index (χ4n) is 2.51. The van der Waals surface area contributed by atoms with Crippen LogP contribution in [0.4, 0.5) is 0 Å². The molecule has 1 rings (SSSR count). The molecule has 0 aromatic heterocycles. The molecule has 0 aromatic rings. The van der Waals surface area contributed by atoms with Crippen LogP contribution in [0.1, 0.15) is 47.0 Å². The van der Waals surface area contributed by atoms with Crippen molar-refractivity contribution in [2.24, 2.45) is 23.5 Å². The van der Waals surface area contributed by atoms with Crippen molar-refractivity contribution in [3.05, 3.63) is 0 Å². The minimum Gasteiger partial charge on any atom is -0.330 e. The lowest BCUT2D eigenvalue weighted by Crippen LogP contribution is -2.44. The maximum absolute atomic E-state index is 12.8. The third kappa shape index (κ3) is 5.85. The van der Waals surface area contributed by atoms with E-state index in [1.54, 1.807) is 8.61 Å². The minimum atomic E-state index is -3.32. The molecule has 6 heteroatoms. The van der Waals surface area contributed by atoms with Gasteiger partial charge in [-0.1, -0.05) is 27.7 Å². The van der Waals surface area contributed by atoms with Crippen molar-refractivity contribution in [2.45, 2.75) is 47.0 Å². The van der Waals surface area contributed by atoms with Gasteiger partial charge in [-0.25, -0.2) is 0 Å². The number of nitrogens with zero attached hydrogens (tertiary/aromatic N) is 2. The van der Waals surface area contributed by atoms with Crippen LogP contribution < -0.4 is 5.73 Å².